The van der Waals surface area contributed by atoms with Gasteiger partial charge in [0.05, 0.1) is 17.1 Å². The van der Waals surface area contributed by atoms with Crippen molar-refractivity contribution in [3.8, 4) is 0 Å². The van der Waals surface area contributed by atoms with Gasteiger partial charge in [-0.2, -0.15) is 5.10 Å². The van der Waals surface area contributed by atoms with Gasteiger partial charge in [-0.15, -0.1) is 0 Å². The normalized spacial score (nSPS) is 21.1. The van der Waals surface area contributed by atoms with Crippen molar-refractivity contribution >= 4 is 22.7 Å². The first kappa shape index (κ1) is 20.3. The fraction of sp³-hybridized carbons (Fsp3) is 0.385. The van der Waals surface area contributed by atoms with Gasteiger partial charge >= 0.3 is 0 Å². The van der Waals surface area contributed by atoms with E-state index in [2.05, 4.69) is 50.4 Å². The lowest BCUT2D eigenvalue weighted by atomic mass is 9.92. The average Bonchev–Trinajstić information content (AvgIpc) is 3.31. The van der Waals surface area contributed by atoms with Crippen LogP contribution in [0.15, 0.2) is 48.8 Å². The van der Waals surface area contributed by atoms with E-state index < -0.39 is 0 Å². The molecule has 0 bridgehead atoms. The largest absolute Gasteiger partial charge is 0.324 e. The van der Waals surface area contributed by atoms with Crippen molar-refractivity contribution in [3.63, 3.8) is 0 Å². The van der Waals surface area contributed by atoms with Gasteiger partial charge in [0, 0.05) is 30.9 Å². The molecule has 0 saturated heterocycles. The van der Waals surface area contributed by atoms with Crippen LogP contribution in [0.5, 0.6) is 0 Å². The van der Waals surface area contributed by atoms with E-state index in [1.807, 2.05) is 18.5 Å². The van der Waals surface area contributed by atoms with E-state index in [1.54, 1.807) is 0 Å². The fourth-order valence-corrected chi connectivity index (χ4v) is 5.44. The Morgan fingerprint density at radius 2 is 1.91 bits per heavy atom. The molecule has 0 fully saturated rings. The van der Waals surface area contributed by atoms with E-state index >= 15 is 0 Å². The topological polar surface area (TPSA) is 96.6 Å². The number of aromatic nitrogens is 5. The molecule has 0 unspecified atom stereocenters. The molecule has 4 heterocycles. The molecule has 6 rings (SSSR count). The van der Waals surface area contributed by atoms with E-state index in [1.165, 1.54) is 11.1 Å². The predicted molar refractivity (Wildman–Crippen MR) is 130 cm³/mol. The van der Waals surface area contributed by atoms with Gasteiger partial charge in [0.2, 0.25) is 0 Å². The molecule has 1 aliphatic carbocycles. The van der Waals surface area contributed by atoms with Crippen molar-refractivity contribution < 1.29 is 0 Å². The van der Waals surface area contributed by atoms with Crippen molar-refractivity contribution in [1.82, 2.24) is 25.1 Å². The van der Waals surface area contributed by atoms with Crippen LogP contribution in [0.4, 0.5) is 11.5 Å². The number of hydrogen-bond donors (Lipinski definition) is 2. The Morgan fingerprint density at radius 3 is 2.88 bits per heavy atom. The lowest BCUT2D eigenvalue weighted by molar-refractivity contribution is 0.501. The van der Waals surface area contributed by atoms with Gasteiger partial charge in [-0.1, -0.05) is 24.3 Å². The molecule has 4 aromatic rings. The second-order valence-electron chi connectivity index (χ2n) is 9.24. The summed E-state index contributed by atoms with van der Waals surface area (Å²) in [5, 5.41) is 7.77. The molecule has 0 amide bonds. The number of nitrogens with two attached hydrogens (primary N) is 1. The summed E-state index contributed by atoms with van der Waals surface area (Å²) in [7, 11) is 0. The van der Waals surface area contributed by atoms with Crippen molar-refractivity contribution in [3.05, 3.63) is 71.3 Å². The van der Waals surface area contributed by atoms with Gasteiger partial charge < -0.3 is 10.6 Å². The maximum absolute atomic E-state index is 6.58. The molecule has 7 nitrogen and oxygen atoms in total. The highest BCUT2D eigenvalue weighted by Crippen LogP contribution is 2.36. The monoisotopic (exact) mass is 439 g/mol. The molecular formula is C26H29N7. The minimum absolute atomic E-state index is 0.0741. The second kappa shape index (κ2) is 8.56. The quantitative estimate of drug-likeness (QED) is 0.469. The Bertz CT molecular complexity index is 1280. The molecule has 1 aromatic carbocycles. The molecule has 1 aliphatic heterocycles. The van der Waals surface area contributed by atoms with E-state index in [-0.39, 0.29) is 6.04 Å². The summed E-state index contributed by atoms with van der Waals surface area (Å²) in [6, 6.07) is 12.8. The zero-order valence-electron chi connectivity index (χ0n) is 18.7. The highest BCUT2D eigenvalue weighted by Gasteiger charge is 2.25. The smallest absolute Gasteiger partial charge is 0.183 e. The highest BCUT2D eigenvalue weighted by atomic mass is 15.3. The zero-order chi connectivity index (χ0) is 22.2. The summed E-state index contributed by atoms with van der Waals surface area (Å²) < 4.78 is 0. The highest BCUT2D eigenvalue weighted by molar-refractivity contribution is 5.86. The standard InChI is InChI=1S/C26H29N7/c27-20-13-12-18(8-3-7-17-6-1-2-9-19(17)20)22-16-29-24-25(30-22)31-32-26(24)33-15-5-10-21-23(33)11-4-14-28-21/h1-2,4,6,9,11,14,16,18,20H,3,5,7-8,10,12-13,15,27H2,(H,30,31,32)/t18-,20+/m0/s1. The molecule has 2 atom stereocenters. The molecule has 168 valence electrons. The summed E-state index contributed by atoms with van der Waals surface area (Å²) in [4.78, 5) is 16.6. The van der Waals surface area contributed by atoms with Crippen molar-refractivity contribution in [2.75, 3.05) is 11.4 Å². The van der Waals surface area contributed by atoms with Crippen LogP contribution in [0.2, 0.25) is 0 Å². The number of H-pyrrole nitrogens is 1. The molecule has 0 saturated carbocycles. The van der Waals surface area contributed by atoms with E-state index in [4.69, 9.17) is 15.7 Å². The summed E-state index contributed by atoms with van der Waals surface area (Å²) in [5.74, 6) is 1.19. The summed E-state index contributed by atoms with van der Waals surface area (Å²) >= 11 is 0. The molecule has 3 N–H and O–H groups in total. The molecule has 7 heteroatoms. The van der Waals surface area contributed by atoms with E-state index in [0.29, 0.717) is 5.92 Å². The molecule has 0 spiro atoms. The Kier molecular flexibility index (Phi) is 5.26. The summed E-state index contributed by atoms with van der Waals surface area (Å²) in [6.07, 6.45) is 11.1. The van der Waals surface area contributed by atoms with Crippen LogP contribution in [-0.4, -0.2) is 31.7 Å². The van der Waals surface area contributed by atoms with Crippen LogP contribution in [0.3, 0.4) is 0 Å². The van der Waals surface area contributed by atoms with Gasteiger partial charge in [-0.05, 0) is 68.2 Å². The van der Waals surface area contributed by atoms with Crippen LogP contribution in [-0.2, 0) is 12.8 Å². The molecule has 3 aromatic heterocycles. The number of fused-ring (bicyclic) bond motifs is 3. The van der Waals surface area contributed by atoms with Crippen LogP contribution in [0, 0.1) is 0 Å². The Morgan fingerprint density at radius 1 is 0.970 bits per heavy atom. The number of nitrogens with zero attached hydrogens (tertiary/aromatic N) is 5. The number of benzene rings is 1. The lowest BCUT2D eigenvalue weighted by Crippen LogP contribution is -2.25. The van der Waals surface area contributed by atoms with E-state index in [9.17, 15) is 0 Å². The first-order valence-electron chi connectivity index (χ1n) is 12.0. The minimum atomic E-state index is 0.0741. The van der Waals surface area contributed by atoms with Gasteiger partial charge in [0.15, 0.2) is 17.0 Å². The Labute approximate surface area is 193 Å². The third kappa shape index (κ3) is 3.76. The first-order valence-corrected chi connectivity index (χ1v) is 12.0. The SMILES string of the molecule is N[C@@H]1CC[C@@H](c2cnc3c(N4CCCc5ncccc54)n[nH]c3n2)CCCc2ccccc21. The first-order chi connectivity index (χ1) is 16.3. The lowest BCUT2D eigenvalue weighted by Gasteiger charge is -2.28. The minimum Gasteiger partial charge on any atom is -0.324 e. The number of rotatable bonds is 2. The van der Waals surface area contributed by atoms with E-state index in [0.717, 1.165) is 85.5 Å². The molecule has 2 aliphatic rings. The average molecular weight is 440 g/mol. The summed E-state index contributed by atoms with van der Waals surface area (Å²) in [6.45, 7) is 0.906. The Hall–Kier alpha value is -3.32. The molecular weight excluding hydrogens is 410 g/mol. The fourth-order valence-electron chi connectivity index (χ4n) is 5.44. The molecule has 0 radical (unpaired) electrons. The van der Waals surface area contributed by atoms with Crippen molar-refractivity contribution in [2.24, 2.45) is 5.73 Å². The van der Waals surface area contributed by atoms with Gasteiger partial charge in [-0.3, -0.25) is 10.1 Å². The number of anilines is 2. The van der Waals surface area contributed by atoms with Crippen LogP contribution < -0.4 is 10.6 Å². The third-order valence-electron chi connectivity index (χ3n) is 7.18. The number of pyridine rings is 1. The van der Waals surface area contributed by atoms with Crippen LogP contribution in [0.25, 0.3) is 11.2 Å². The Balaban J connectivity index is 1.28. The number of aromatic amines is 1. The maximum atomic E-state index is 6.58. The number of nitrogens with one attached hydrogen (secondary N) is 1. The maximum Gasteiger partial charge on any atom is 0.183 e. The zero-order valence-corrected chi connectivity index (χ0v) is 18.7. The van der Waals surface area contributed by atoms with Gasteiger partial charge in [0.1, 0.15) is 0 Å². The number of aryl methyl sites for hydroxylation is 2. The van der Waals surface area contributed by atoms with Crippen LogP contribution in [0.1, 0.15) is 66.6 Å². The summed E-state index contributed by atoms with van der Waals surface area (Å²) in [5.41, 5.74) is 14.1. The van der Waals surface area contributed by atoms with Crippen LogP contribution >= 0.6 is 0 Å². The second-order valence-corrected chi connectivity index (χ2v) is 9.24. The molecule has 33 heavy (non-hydrogen) atoms. The predicted octanol–water partition coefficient (Wildman–Crippen LogP) is 4.73. The van der Waals surface area contributed by atoms with Crippen molar-refractivity contribution in [1.29, 1.82) is 0 Å². The van der Waals surface area contributed by atoms with Crippen molar-refractivity contribution in [2.45, 2.75) is 56.9 Å². The van der Waals surface area contributed by atoms with Gasteiger partial charge in [-0.25, -0.2) is 9.97 Å². The van der Waals surface area contributed by atoms with Gasteiger partial charge in [0.25, 0.3) is 0 Å². The number of hydrogen-bond acceptors (Lipinski definition) is 6. The third-order valence-corrected chi connectivity index (χ3v) is 7.18.